The molecule has 0 radical (unpaired) electrons. The molecule has 4 rings (SSSR count). The number of amides is 1. The van der Waals surface area contributed by atoms with Gasteiger partial charge < -0.3 is 0 Å². The van der Waals surface area contributed by atoms with Crippen LogP contribution in [0, 0.1) is 0 Å². The normalized spacial score (nSPS) is 10.4. The molecular weight excluding hydrogens is 336 g/mol. The van der Waals surface area contributed by atoms with E-state index in [1.165, 1.54) is 0 Å². The van der Waals surface area contributed by atoms with Gasteiger partial charge in [0.25, 0.3) is 5.91 Å². The molecule has 0 atom stereocenters. The van der Waals surface area contributed by atoms with Gasteiger partial charge >= 0.3 is 0 Å². The van der Waals surface area contributed by atoms with E-state index in [-0.39, 0.29) is 11.9 Å². The number of nitrogens with zero attached hydrogens (tertiary/aromatic N) is 3. The number of nitrogens with one attached hydrogen (secondary N) is 1. The number of hydrogen-bond acceptors (Lipinski definition) is 4. The van der Waals surface area contributed by atoms with E-state index >= 15 is 0 Å². The van der Waals surface area contributed by atoms with Crippen molar-refractivity contribution in [1.29, 1.82) is 0 Å². The Labute approximate surface area is 156 Å². The third-order valence-corrected chi connectivity index (χ3v) is 4.04. The Bertz CT molecular complexity index is 1050. The van der Waals surface area contributed by atoms with Gasteiger partial charge in [-0.25, -0.2) is 4.98 Å². The highest BCUT2D eigenvalue weighted by Crippen LogP contribution is 2.28. The van der Waals surface area contributed by atoms with E-state index in [9.17, 15) is 4.79 Å². The third kappa shape index (κ3) is 3.72. The second-order valence-corrected chi connectivity index (χ2v) is 5.88. The van der Waals surface area contributed by atoms with E-state index in [4.69, 9.17) is 0 Å². The Morgan fingerprint density at radius 3 is 1.74 bits per heavy atom. The summed E-state index contributed by atoms with van der Waals surface area (Å²) in [7, 11) is 0. The smallest absolute Gasteiger partial charge is 0.258 e. The summed E-state index contributed by atoms with van der Waals surface area (Å²) in [5.41, 5.74) is 3.69. The van der Waals surface area contributed by atoms with E-state index < -0.39 is 0 Å². The van der Waals surface area contributed by atoms with Crippen molar-refractivity contribution in [1.82, 2.24) is 15.2 Å². The van der Waals surface area contributed by atoms with Crippen LogP contribution in [0.15, 0.2) is 91.0 Å². The molecule has 1 amide bonds. The first-order chi connectivity index (χ1) is 13.3. The summed E-state index contributed by atoms with van der Waals surface area (Å²) in [5.74, 6) is -0.105. The zero-order valence-electron chi connectivity index (χ0n) is 14.4. The van der Waals surface area contributed by atoms with Crippen LogP contribution in [0.2, 0.25) is 0 Å². The van der Waals surface area contributed by atoms with Crippen LogP contribution in [0.4, 0.5) is 5.95 Å². The minimum atomic E-state index is -0.274. The first-order valence-corrected chi connectivity index (χ1v) is 8.53. The summed E-state index contributed by atoms with van der Waals surface area (Å²) in [5, 5.41) is 11.2. The first-order valence-electron chi connectivity index (χ1n) is 8.53. The average molecular weight is 352 g/mol. The summed E-state index contributed by atoms with van der Waals surface area (Å²) in [4.78, 5) is 17.0. The molecule has 1 aromatic heterocycles. The topological polar surface area (TPSA) is 67.8 Å². The summed E-state index contributed by atoms with van der Waals surface area (Å²) >= 11 is 0. The molecule has 130 valence electrons. The molecule has 0 saturated carbocycles. The van der Waals surface area contributed by atoms with Crippen LogP contribution in [0.3, 0.4) is 0 Å². The van der Waals surface area contributed by atoms with Crippen LogP contribution in [0.25, 0.3) is 22.5 Å². The van der Waals surface area contributed by atoms with E-state index in [0.717, 1.165) is 11.1 Å². The molecule has 0 saturated heterocycles. The average Bonchev–Trinajstić information content (AvgIpc) is 2.75. The monoisotopic (exact) mass is 352 g/mol. The highest BCUT2D eigenvalue weighted by Gasteiger charge is 2.15. The van der Waals surface area contributed by atoms with E-state index in [2.05, 4.69) is 20.5 Å². The minimum absolute atomic E-state index is 0.169. The van der Waals surface area contributed by atoms with Gasteiger partial charge in [0, 0.05) is 16.7 Å². The van der Waals surface area contributed by atoms with Crippen LogP contribution in [-0.4, -0.2) is 21.1 Å². The molecule has 0 unspecified atom stereocenters. The largest absolute Gasteiger partial charge is 0.289 e. The van der Waals surface area contributed by atoms with Crippen molar-refractivity contribution >= 4 is 11.9 Å². The van der Waals surface area contributed by atoms with E-state index in [1.807, 2.05) is 78.9 Å². The molecule has 1 N–H and O–H groups in total. The van der Waals surface area contributed by atoms with Gasteiger partial charge in [-0.3, -0.25) is 10.1 Å². The van der Waals surface area contributed by atoms with Gasteiger partial charge in [-0.2, -0.15) is 0 Å². The van der Waals surface area contributed by atoms with Crippen LogP contribution >= 0.6 is 0 Å². The van der Waals surface area contributed by atoms with Crippen LogP contribution < -0.4 is 5.32 Å². The summed E-state index contributed by atoms with van der Waals surface area (Å²) in [6.07, 6.45) is 0. The fraction of sp³-hybridized carbons (Fsp3) is 0. The van der Waals surface area contributed by atoms with Gasteiger partial charge in [0.05, 0.1) is 0 Å². The molecule has 27 heavy (non-hydrogen) atoms. The highest BCUT2D eigenvalue weighted by molar-refractivity contribution is 6.03. The number of aromatic nitrogens is 3. The maximum absolute atomic E-state index is 12.4. The Kier molecular flexibility index (Phi) is 4.66. The molecule has 4 aromatic rings. The number of anilines is 1. The SMILES string of the molecule is O=C(Nc1nnc(-c2ccccc2)c(-c2ccccc2)n1)c1ccccc1. The summed E-state index contributed by atoms with van der Waals surface area (Å²) < 4.78 is 0. The molecule has 0 spiro atoms. The Balaban J connectivity index is 1.74. The number of carbonyl (C=O) groups excluding carboxylic acids is 1. The van der Waals surface area contributed by atoms with Crippen molar-refractivity contribution in [2.45, 2.75) is 0 Å². The maximum Gasteiger partial charge on any atom is 0.258 e. The van der Waals surface area contributed by atoms with Gasteiger partial charge in [-0.05, 0) is 12.1 Å². The molecule has 3 aromatic carbocycles. The molecule has 5 nitrogen and oxygen atoms in total. The van der Waals surface area contributed by atoms with Crippen molar-refractivity contribution in [3.05, 3.63) is 96.6 Å². The molecule has 0 aliphatic heterocycles. The van der Waals surface area contributed by atoms with Gasteiger partial charge in [0.1, 0.15) is 11.4 Å². The standard InChI is InChI=1S/C22H16N4O/c27-21(18-14-8-3-9-15-18)24-22-23-19(16-10-4-1-5-11-16)20(25-26-22)17-12-6-2-7-13-17/h1-15H,(H,23,24,26,27). The summed E-state index contributed by atoms with van der Waals surface area (Å²) in [6, 6.07) is 28.4. The van der Waals surface area contributed by atoms with Crippen LogP contribution in [-0.2, 0) is 0 Å². The third-order valence-electron chi connectivity index (χ3n) is 4.04. The fourth-order valence-electron chi connectivity index (χ4n) is 2.73. The molecule has 0 aliphatic rings. The lowest BCUT2D eigenvalue weighted by molar-refractivity contribution is 0.102. The number of benzene rings is 3. The lowest BCUT2D eigenvalue weighted by Gasteiger charge is -2.10. The van der Waals surface area contributed by atoms with Crippen molar-refractivity contribution < 1.29 is 4.79 Å². The number of hydrogen-bond donors (Lipinski definition) is 1. The van der Waals surface area contributed by atoms with Gasteiger partial charge in [0.2, 0.25) is 5.95 Å². The van der Waals surface area contributed by atoms with Crippen molar-refractivity contribution in [2.75, 3.05) is 5.32 Å². The second-order valence-electron chi connectivity index (χ2n) is 5.88. The predicted molar refractivity (Wildman–Crippen MR) is 105 cm³/mol. The molecule has 1 heterocycles. The molecule has 0 bridgehead atoms. The molecule has 0 fully saturated rings. The van der Waals surface area contributed by atoms with Crippen molar-refractivity contribution in [3.63, 3.8) is 0 Å². The lowest BCUT2D eigenvalue weighted by atomic mass is 10.0. The predicted octanol–water partition coefficient (Wildman–Crippen LogP) is 4.46. The van der Waals surface area contributed by atoms with Crippen molar-refractivity contribution in [3.8, 4) is 22.5 Å². The van der Waals surface area contributed by atoms with Crippen LogP contribution in [0.5, 0.6) is 0 Å². The van der Waals surface area contributed by atoms with Gasteiger partial charge in [-0.15, -0.1) is 10.2 Å². The zero-order chi connectivity index (χ0) is 18.5. The van der Waals surface area contributed by atoms with Gasteiger partial charge in [0.15, 0.2) is 0 Å². The number of carbonyl (C=O) groups is 1. The molecule has 5 heteroatoms. The van der Waals surface area contributed by atoms with Gasteiger partial charge in [-0.1, -0.05) is 78.9 Å². The fourth-order valence-corrected chi connectivity index (χ4v) is 2.73. The maximum atomic E-state index is 12.4. The molecular formula is C22H16N4O. The quantitative estimate of drug-likeness (QED) is 0.589. The lowest BCUT2D eigenvalue weighted by Crippen LogP contribution is -2.15. The number of rotatable bonds is 4. The van der Waals surface area contributed by atoms with E-state index in [1.54, 1.807) is 12.1 Å². The zero-order valence-corrected chi connectivity index (χ0v) is 14.4. The first kappa shape index (κ1) is 16.6. The van der Waals surface area contributed by atoms with E-state index in [0.29, 0.717) is 17.0 Å². The Morgan fingerprint density at radius 2 is 1.15 bits per heavy atom. The van der Waals surface area contributed by atoms with Crippen LogP contribution in [0.1, 0.15) is 10.4 Å². The minimum Gasteiger partial charge on any atom is -0.289 e. The second kappa shape index (κ2) is 7.58. The Hall–Kier alpha value is -3.86. The van der Waals surface area contributed by atoms with Crippen molar-refractivity contribution in [2.24, 2.45) is 0 Å². The highest BCUT2D eigenvalue weighted by atomic mass is 16.1. The summed E-state index contributed by atoms with van der Waals surface area (Å²) in [6.45, 7) is 0. The Morgan fingerprint density at radius 1 is 0.630 bits per heavy atom. The molecule has 0 aliphatic carbocycles.